The Bertz CT molecular complexity index is 673. The van der Waals surface area contributed by atoms with E-state index < -0.39 is 0 Å². The second-order valence-corrected chi connectivity index (χ2v) is 4.36. The molecule has 0 unspecified atom stereocenters. The van der Waals surface area contributed by atoms with E-state index in [0.717, 1.165) is 28.2 Å². The predicted octanol–water partition coefficient (Wildman–Crippen LogP) is 3.89. The molecule has 0 aliphatic heterocycles. The van der Waals surface area contributed by atoms with Gasteiger partial charge in [0.15, 0.2) is 0 Å². The van der Waals surface area contributed by atoms with E-state index in [1.165, 1.54) is 0 Å². The van der Waals surface area contributed by atoms with Crippen molar-refractivity contribution in [3.63, 3.8) is 0 Å². The molecule has 0 bridgehead atoms. The molecule has 1 aromatic heterocycles. The van der Waals surface area contributed by atoms with Crippen LogP contribution in [-0.4, -0.2) is 17.1 Å². The molecule has 90 valence electrons. The molecule has 0 aliphatic carbocycles. The maximum atomic E-state index is 6.23. The van der Waals surface area contributed by atoms with Crippen molar-refractivity contribution in [1.82, 2.24) is 9.97 Å². The normalized spacial score (nSPS) is 10.8. The van der Waals surface area contributed by atoms with E-state index in [0.29, 0.717) is 5.02 Å². The largest absolute Gasteiger partial charge is 0.497 e. The van der Waals surface area contributed by atoms with Gasteiger partial charge < -0.3 is 9.72 Å². The van der Waals surface area contributed by atoms with E-state index in [4.69, 9.17) is 16.3 Å². The summed E-state index contributed by atoms with van der Waals surface area (Å²) in [5, 5.41) is 0.619. The van der Waals surface area contributed by atoms with Gasteiger partial charge in [0, 0.05) is 5.56 Å². The number of hydrogen-bond acceptors (Lipinski definition) is 2. The minimum atomic E-state index is 0.619. The van der Waals surface area contributed by atoms with Crippen molar-refractivity contribution in [2.24, 2.45) is 0 Å². The molecule has 0 spiro atoms. The molecular weight excluding hydrogens is 248 g/mol. The van der Waals surface area contributed by atoms with E-state index in [-0.39, 0.29) is 0 Å². The number of ether oxygens (including phenoxy) is 1. The molecule has 0 aliphatic rings. The molecule has 18 heavy (non-hydrogen) atoms. The van der Waals surface area contributed by atoms with Crippen LogP contribution in [0.4, 0.5) is 0 Å². The molecule has 1 N–H and O–H groups in total. The number of benzene rings is 2. The minimum Gasteiger partial charge on any atom is -0.497 e. The van der Waals surface area contributed by atoms with Crippen LogP contribution in [-0.2, 0) is 0 Å². The van der Waals surface area contributed by atoms with Crippen LogP contribution in [0.15, 0.2) is 42.5 Å². The first kappa shape index (κ1) is 11.1. The highest BCUT2D eigenvalue weighted by molar-refractivity contribution is 6.33. The van der Waals surface area contributed by atoms with Crippen LogP contribution in [0.3, 0.4) is 0 Å². The Balaban J connectivity index is 2.14. The number of aromatic nitrogens is 2. The first-order valence-electron chi connectivity index (χ1n) is 5.56. The molecule has 0 saturated heterocycles. The highest BCUT2D eigenvalue weighted by Gasteiger charge is 2.09. The first-order valence-corrected chi connectivity index (χ1v) is 5.94. The van der Waals surface area contributed by atoms with Crippen molar-refractivity contribution in [1.29, 1.82) is 0 Å². The molecule has 0 amide bonds. The van der Waals surface area contributed by atoms with E-state index in [9.17, 15) is 0 Å². The Kier molecular flexibility index (Phi) is 2.68. The number of nitrogens with one attached hydrogen (secondary N) is 1. The Morgan fingerprint density at radius 1 is 1.17 bits per heavy atom. The maximum absolute atomic E-state index is 6.23. The molecule has 0 saturated carbocycles. The zero-order valence-corrected chi connectivity index (χ0v) is 10.5. The van der Waals surface area contributed by atoms with Gasteiger partial charge in [-0.25, -0.2) is 4.98 Å². The molecule has 1 heterocycles. The van der Waals surface area contributed by atoms with Gasteiger partial charge >= 0.3 is 0 Å². The Hall–Kier alpha value is -2.00. The van der Waals surface area contributed by atoms with Gasteiger partial charge in [-0.05, 0) is 30.3 Å². The molecule has 0 radical (unpaired) electrons. The predicted molar refractivity (Wildman–Crippen MR) is 73.1 cm³/mol. The molecule has 2 aromatic carbocycles. The topological polar surface area (TPSA) is 37.9 Å². The Morgan fingerprint density at radius 3 is 2.72 bits per heavy atom. The number of H-pyrrole nitrogens is 1. The molecular formula is C14H11ClN2O. The van der Waals surface area contributed by atoms with Gasteiger partial charge in [0.05, 0.1) is 23.2 Å². The summed E-state index contributed by atoms with van der Waals surface area (Å²) in [5.74, 6) is 1.50. The number of aromatic amines is 1. The van der Waals surface area contributed by atoms with Crippen molar-refractivity contribution in [3.8, 4) is 17.1 Å². The van der Waals surface area contributed by atoms with Crippen molar-refractivity contribution < 1.29 is 4.74 Å². The second-order valence-electron chi connectivity index (χ2n) is 3.95. The van der Waals surface area contributed by atoms with Crippen molar-refractivity contribution in [2.75, 3.05) is 7.11 Å². The Morgan fingerprint density at radius 2 is 2.00 bits per heavy atom. The molecule has 3 nitrogen and oxygen atoms in total. The fourth-order valence-corrected chi connectivity index (χ4v) is 2.16. The van der Waals surface area contributed by atoms with Gasteiger partial charge in [0.25, 0.3) is 0 Å². The van der Waals surface area contributed by atoms with Crippen molar-refractivity contribution >= 4 is 22.6 Å². The number of rotatable bonds is 2. The van der Waals surface area contributed by atoms with E-state index in [1.54, 1.807) is 13.2 Å². The molecule has 0 fully saturated rings. The summed E-state index contributed by atoms with van der Waals surface area (Å²) in [7, 11) is 1.62. The lowest BCUT2D eigenvalue weighted by atomic mass is 10.2. The standard InChI is InChI=1S/C14H11ClN2O/c1-18-9-6-7-10(11(15)8-9)14-16-12-4-2-3-5-13(12)17-14/h2-8H,1H3,(H,16,17). The average Bonchev–Trinajstić information content (AvgIpc) is 2.81. The average molecular weight is 259 g/mol. The van der Waals surface area contributed by atoms with Crippen LogP contribution in [0.2, 0.25) is 5.02 Å². The highest BCUT2D eigenvalue weighted by Crippen LogP contribution is 2.30. The van der Waals surface area contributed by atoms with E-state index >= 15 is 0 Å². The van der Waals surface area contributed by atoms with Crippen LogP contribution in [0, 0.1) is 0 Å². The molecule has 3 aromatic rings. The summed E-state index contributed by atoms with van der Waals surface area (Å²) in [6.07, 6.45) is 0. The van der Waals surface area contributed by atoms with Crippen LogP contribution < -0.4 is 4.74 Å². The fraction of sp³-hybridized carbons (Fsp3) is 0.0714. The number of nitrogens with zero attached hydrogens (tertiary/aromatic N) is 1. The monoisotopic (exact) mass is 258 g/mol. The number of methoxy groups -OCH3 is 1. The van der Waals surface area contributed by atoms with Crippen molar-refractivity contribution in [3.05, 3.63) is 47.5 Å². The van der Waals surface area contributed by atoms with E-state index in [2.05, 4.69) is 9.97 Å². The smallest absolute Gasteiger partial charge is 0.140 e. The Labute approximate surface area is 109 Å². The number of halogens is 1. The van der Waals surface area contributed by atoms with Crippen LogP contribution in [0.5, 0.6) is 5.75 Å². The molecule has 4 heteroatoms. The SMILES string of the molecule is COc1ccc(-c2nc3ccccc3[nH]2)c(Cl)c1. The maximum Gasteiger partial charge on any atom is 0.140 e. The minimum absolute atomic E-state index is 0.619. The van der Waals surface area contributed by atoms with Gasteiger partial charge in [-0.2, -0.15) is 0 Å². The summed E-state index contributed by atoms with van der Waals surface area (Å²) in [6, 6.07) is 13.4. The number of para-hydroxylation sites is 2. The summed E-state index contributed by atoms with van der Waals surface area (Å²) < 4.78 is 5.13. The van der Waals surface area contributed by atoms with Crippen LogP contribution in [0.25, 0.3) is 22.4 Å². The number of fused-ring (bicyclic) bond motifs is 1. The number of imidazole rings is 1. The van der Waals surface area contributed by atoms with Gasteiger partial charge in [0.2, 0.25) is 0 Å². The second kappa shape index (κ2) is 4.35. The van der Waals surface area contributed by atoms with Crippen LogP contribution >= 0.6 is 11.6 Å². The van der Waals surface area contributed by atoms with E-state index in [1.807, 2.05) is 36.4 Å². The third-order valence-electron chi connectivity index (χ3n) is 2.82. The first-order chi connectivity index (χ1) is 8.78. The van der Waals surface area contributed by atoms with Crippen molar-refractivity contribution in [2.45, 2.75) is 0 Å². The lowest BCUT2D eigenvalue weighted by Gasteiger charge is -2.03. The zero-order valence-electron chi connectivity index (χ0n) is 9.77. The zero-order chi connectivity index (χ0) is 12.5. The van der Waals surface area contributed by atoms with Crippen LogP contribution in [0.1, 0.15) is 0 Å². The van der Waals surface area contributed by atoms with Gasteiger partial charge in [-0.1, -0.05) is 23.7 Å². The lowest BCUT2D eigenvalue weighted by molar-refractivity contribution is 0.415. The summed E-state index contributed by atoms with van der Waals surface area (Å²) >= 11 is 6.23. The summed E-state index contributed by atoms with van der Waals surface area (Å²) in [5.41, 5.74) is 2.80. The quantitative estimate of drug-likeness (QED) is 0.757. The van der Waals surface area contributed by atoms with Gasteiger partial charge in [-0.15, -0.1) is 0 Å². The summed E-state index contributed by atoms with van der Waals surface area (Å²) in [6.45, 7) is 0. The third-order valence-corrected chi connectivity index (χ3v) is 3.13. The highest BCUT2D eigenvalue weighted by atomic mass is 35.5. The third kappa shape index (κ3) is 1.83. The molecule has 3 rings (SSSR count). The summed E-state index contributed by atoms with van der Waals surface area (Å²) in [4.78, 5) is 7.77. The van der Waals surface area contributed by atoms with Gasteiger partial charge in [-0.3, -0.25) is 0 Å². The number of hydrogen-bond donors (Lipinski definition) is 1. The van der Waals surface area contributed by atoms with Gasteiger partial charge in [0.1, 0.15) is 11.6 Å². The lowest BCUT2D eigenvalue weighted by Crippen LogP contribution is -1.86. The fourth-order valence-electron chi connectivity index (χ4n) is 1.90. The molecule has 0 atom stereocenters.